The number of rotatable bonds is 3. The van der Waals surface area contributed by atoms with Crippen molar-refractivity contribution in [3.63, 3.8) is 0 Å². The lowest BCUT2D eigenvalue weighted by atomic mass is 10.3. The zero-order valence-electron chi connectivity index (χ0n) is 4.84. The zero-order valence-corrected chi connectivity index (χ0v) is 4.84. The molecule has 2 atom stereocenters. The van der Waals surface area contributed by atoms with E-state index in [0.717, 1.165) is 6.54 Å². The predicted octanol–water partition coefficient (Wildman–Crippen LogP) is -0.529. The van der Waals surface area contributed by atoms with E-state index < -0.39 is 0 Å². The first-order valence-electron chi connectivity index (χ1n) is 2.90. The Morgan fingerprint density at radius 3 is 2.62 bits per heavy atom. The summed E-state index contributed by atoms with van der Waals surface area (Å²) < 4.78 is 0. The second kappa shape index (κ2) is 2.44. The number of nitrogens with two attached hydrogens (primary N) is 2. The van der Waals surface area contributed by atoms with Gasteiger partial charge in [-0.05, 0) is 24.8 Å². The van der Waals surface area contributed by atoms with Crippen molar-refractivity contribution < 1.29 is 4.84 Å². The molecule has 48 valence electrons. The van der Waals surface area contributed by atoms with Gasteiger partial charge < -0.3 is 10.6 Å². The normalized spacial score (nSPS) is 35.2. The van der Waals surface area contributed by atoms with Gasteiger partial charge in [-0.1, -0.05) is 0 Å². The van der Waals surface area contributed by atoms with Crippen molar-refractivity contribution in [2.24, 2.45) is 23.5 Å². The van der Waals surface area contributed by atoms with Gasteiger partial charge in [0, 0.05) is 0 Å². The molecule has 4 N–H and O–H groups in total. The molecule has 1 saturated carbocycles. The SMILES string of the molecule is NC[C@@H]1C[C@@H]1CON. The first-order chi connectivity index (χ1) is 3.88. The van der Waals surface area contributed by atoms with Crippen molar-refractivity contribution >= 4 is 0 Å². The second-order valence-electron chi connectivity index (χ2n) is 2.32. The van der Waals surface area contributed by atoms with Gasteiger partial charge in [0.25, 0.3) is 0 Å². The van der Waals surface area contributed by atoms with Crippen molar-refractivity contribution in [1.82, 2.24) is 0 Å². The van der Waals surface area contributed by atoms with Crippen molar-refractivity contribution in [1.29, 1.82) is 0 Å². The molecule has 0 aromatic heterocycles. The highest BCUT2D eigenvalue weighted by Crippen LogP contribution is 2.36. The fraction of sp³-hybridized carbons (Fsp3) is 1.00. The molecule has 0 heterocycles. The summed E-state index contributed by atoms with van der Waals surface area (Å²) in [5.41, 5.74) is 5.36. The van der Waals surface area contributed by atoms with Crippen molar-refractivity contribution in [2.75, 3.05) is 13.2 Å². The lowest BCUT2D eigenvalue weighted by Crippen LogP contribution is -2.08. The lowest BCUT2D eigenvalue weighted by Gasteiger charge is -1.91. The molecule has 0 saturated heterocycles. The van der Waals surface area contributed by atoms with Crippen LogP contribution in [0.15, 0.2) is 0 Å². The third-order valence-corrected chi connectivity index (χ3v) is 1.68. The third-order valence-electron chi connectivity index (χ3n) is 1.68. The van der Waals surface area contributed by atoms with E-state index in [1.54, 1.807) is 0 Å². The highest BCUT2D eigenvalue weighted by molar-refractivity contribution is 4.86. The standard InChI is InChI=1S/C5H12N2O/c6-2-4-1-5(4)3-8-7/h4-5H,1-3,6-7H2/t4-,5+/m0/s1. The van der Waals surface area contributed by atoms with E-state index in [1.807, 2.05) is 0 Å². The summed E-state index contributed by atoms with van der Waals surface area (Å²) >= 11 is 0. The van der Waals surface area contributed by atoms with Gasteiger partial charge in [0.15, 0.2) is 0 Å². The van der Waals surface area contributed by atoms with E-state index in [4.69, 9.17) is 11.6 Å². The summed E-state index contributed by atoms with van der Waals surface area (Å²) in [4.78, 5) is 4.44. The topological polar surface area (TPSA) is 61.3 Å². The number of hydrogen-bond acceptors (Lipinski definition) is 3. The van der Waals surface area contributed by atoms with Gasteiger partial charge in [-0.2, -0.15) is 0 Å². The van der Waals surface area contributed by atoms with E-state index in [2.05, 4.69) is 4.84 Å². The molecule has 3 heteroatoms. The average molecular weight is 116 g/mol. The average Bonchev–Trinajstić information content (AvgIpc) is 2.48. The molecular weight excluding hydrogens is 104 g/mol. The molecule has 0 unspecified atom stereocenters. The van der Waals surface area contributed by atoms with Gasteiger partial charge in [0.1, 0.15) is 0 Å². The largest absolute Gasteiger partial charge is 0.330 e. The van der Waals surface area contributed by atoms with Gasteiger partial charge in [0.2, 0.25) is 0 Å². The van der Waals surface area contributed by atoms with Gasteiger partial charge in [-0.25, -0.2) is 5.90 Å². The Labute approximate surface area is 48.9 Å². The lowest BCUT2D eigenvalue weighted by molar-refractivity contribution is 0.124. The molecule has 3 nitrogen and oxygen atoms in total. The maximum absolute atomic E-state index is 5.36. The molecule has 1 aliphatic carbocycles. The summed E-state index contributed by atoms with van der Waals surface area (Å²) in [6.45, 7) is 1.47. The van der Waals surface area contributed by atoms with Crippen LogP contribution >= 0.6 is 0 Å². The Bertz CT molecular complexity index is 76.8. The van der Waals surface area contributed by atoms with Crippen LogP contribution in [0.5, 0.6) is 0 Å². The summed E-state index contributed by atoms with van der Waals surface area (Å²) in [5, 5.41) is 0. The maximum atomic E-state index is 5.36. The van der Waals surface area contributed by atoms with Gasteiger partial charge in [-0.15, -0.1) is 0 Å². The Balaban J connectivity index is 1.99. The molecule has 0 bridgehead atoms. The first-order valence-corrected chi connectivity index (χ1v) is 2.90. The minimum absolute atomic E-state index is 0.657. The maximum Gasteiger partial charge on any atom is 0.0710 e. The molecule has 0 radical (unpaired) electrons. The first kappa shape index (κ1) is 6.01. The third kappa shape index (κ3) is 1.18. The van der Waals surface area contributed by atoms with E-state index in [9.17, 15) is 0 Å². The molecule has 1 aliphatic rings. The van der Waals surface area contributed by atoms with Crippen LogP contribution in [0, 0.1) is 11.8 Å². The quantitative estimate of drug-likeness (QED) is 0.487. The molecule has 1 rings (SSSR count). The van der Waals surface area contributed by atoms with E-state index in [-0.39, 0.29) is 0 Å². The molecule has 1 fully saturated rings. The second-order valence-corrected chi connectivity index (χ2v) is 2.32. The fourth-order valence-corrected chi connectivity index (χ4v) is 0.927. The van der Waals surface area contributed by atoms with Crippen molar-refractivity contribution in [3.05, 3.63) is 0 Å². The van der Waals surface area contributed by atoms with Crippen LogP contribution in [0.4, 0.5) is 0 Å². The molecular formula is C5H12N2O. The number of hydrogen-bond donors (Lipinski definition) is 2. The van der Waals surface area contributed by atoms with Crippen LogP contribution in [0.3, 0.4) is 0 Å². The zero-order chi connectivity index (χ0) is 5.98. The highest BCUT2D eigenvalue weighted by atomic mass is 16.6. The Hall–Kier alpha value is -0.120. The summed E-state index contributed by atoms with van der Waals surface area (Å²) in [7, 11) is 0. The Kier molecular flexibility index (Phi) is 1.83. The van der Waals surface area contributed by atoms with Crippen LogP contribution < -0.4 is 11.6 Å². The van der Waals surface area contributed by atoms with Crippen LogP contribution in [-0.4, -0.2) is 13.2 Å². The van der Waals surface area contributed by atoms with Crippen molar-refractivity contribution in [3.8, 4) is 0 Å². The Morgan fingerprint density at radius 1 is 1.50 bits per heavy atom. The van der Waals surface area contributed by atoms with Crippen LogP contribution in [0.25, 0.3) is 0 Å². The van der Waals surface area contributed by atoms with Gasteiger partial charge in [0.05, 0.1) is 6.61 Å². The van der Waals surface area contributed by atoms with Crippen LogP contribution in [0.1, 0.15) is 6.42 Å². The highest BCUT2D eigenvalue weighted by Gasteiger charge is 2.35. The Morgan fingerprint density at radius 2 is 2.25 bits per heavy atom. The summed E-state index contributed by atoms with van der Waals surface area (Å²) in [6, 6.07) is 0. The minimum atomic E-state index is 0.657. The van der Waals surface area contributed by atoms with E-state index >= 15 is 0 Å². The molecule has 0 aromatic rings. The summed E-state index contributed by atoms with van der Waals surface area (Å²) in [6.07, 6.45) is 1.20. The smallest absolute Gasteiger partial charge is 0.0710 e. The van der Waals surface area contributed by atoms with Crippen molar-refractivity contribution in [2.45, 2.75) is 6.42 Å². The van der Waals surface area contributed by atoms with E-state index in [1.165, 1.54) is 6.42 Å². The van der Waals surface area contributed by atoms with Crippen LogP contribution in [-0.2, 0) is 4.84 Å². The van der Waals surface area contributed by atoms with Crippen LogP contribution in [0.2, 0.25) is 0 Å². The van der Waals surface area contributed by atoms with E-state index in [0.29, 0.717) is 18.4 Å². The fourth-order valence-electron chi connectivity index (χ4n) is 0.927. The molecule has 0 aromatic carbocycles. The monoisotopic (exact) mass is 116 g/mol. The molecule has 8 heavy (non-hydrogen) atoms. The van der Waals surface area contributed by atoms with Gasteiger partial charge in [-0.3, -0.25) is 0 Å². The molecule has 0 aliphatic heterocycles. The van der Waals surface area contributed by atoms with Gasteiger partial charge >= 0.3 is 0 Å². The minimum Gasteiger partial charge on any atom is -0.330 e. The predicted molar refractivity (Wildman–Crippen MR) is 30.8 cm³/mol. The molecule has 0 spiro atoms. The summed E-state index contributed by atoms with van der Waals surface area (Å²) in [5.74, 6) is 6.20. The molecule has 0 amide bonds.